The Kier molecular flexibility index (Phi) is 4.43. The van der Waals surface area contributed by atoms with Crippen molar-refractivity contribution in [3.05, 3.63) is 52.6 Å². The number of hydrogen-bond acceptors (Lipinski definition) is 4. The van der Waals surface area contributed by atoms with E-state index in [1.165, 1.54) is 6.07 Å². The number of fused-ring (bicyclic) bond motifs is 1. The summed E-state index contributed by atoms with van der Waals surface area (Å²) in [5.41, 5.74) is 2.49. The molecule has 130 valence electrons. The van der Waals surface area contributed by atoms with Crippen LogP contribution in [-0.4, -0.2) is 25.5 Å². The van der Waals surface area contributed by atoms with E-state index in [-0.39, 0.29) is 18.0 Å². The fourth-order valence-corrected chi connectivity index (χ4v) is 2.71. The highest BCUT2D eigenvalue weighted by molar-refractivity contribution is 5.90. The molecule has 0 aliphatic carbocycles. The van der Waals surface area contributed by atoms with Crippen molar-refractivity contribution in [2.75, 3.05) is 5.32 Å². The SMILES string of the molecule is Cc1nc2nc(C)c(CCC(=O)Nc3ccc(F)cc3F)c(C)n2n1. The summed E-state index contributed by atoms with van der Waals surface area (Å²) in [6, 6.07) is 3.03. The van der Waals surface area contributed by atoms with Crippen LogP contribution in [0.5, 0.6) is 0 Å². The first-order valence-corrected chi connectivity index (χ1v) is 7.79. The number of benzene rings is 1. The molecule has 0 fully saturated rings. The lowest BCUT2D eigenvalue weighted by molar-refractivity contribution is -0.116. The lowest BCUT2D eigenvalue weighted by Crippen LogP contribution is -2.15. The van der Waals surface area contributed by atoms with E-state index < -0.39 is 11.6 Å². The van der Waals surface area contributed by atoms with Gasteiger partial charge in [-0.1, -0.05) is 0 Å². The second-order valence-electron chi connectivity index (χ2n) is 5.80. The average molecular weight is 345 g/mol. The van der Waals surface area contributed by atoms with Gasteiger partial charge >= 0.3 is 0 Å². The number of carbonyl (C=O) groups excluding carboxylic acids is 1. The number of hydrogen-bond donors (Lipinski definition) is 1. The Bertz CT molecular complexity index is 967. The van der Waals surface area contributed by atoms with Gasteiger partial charge in [-0.25, -0.2) is 18.3 Å². The Hall–Kier alpha value is -2.90. The van der Waals surface area contributed by atoms with Gasteiger partial charge in [0.25, 0.3) is 5.78 Å². The minimum absolute atomic E-state index is 0.0414. The van der Waals surface area contributed by atoms with Crippen molar-refractivity contribution in [1.82, 2.24) is 19.6 Å². The van der Waals surface area contributed by atoms with Crippen molar-refractivity contribution in [3.8, 4) is 0 Å². The van der Waals surface area contributed by atoms with E-state index >= 15 is 0 Å². The number of aryl methyl sites for hydroxylation is 3. The van der Waals surface area contributed by atoms with Crippen molar-refractivity contribution in [3.63, 3.8) is 0 Å². The number of amides is 1. The molecule has 0 aliphatic rings. The molecule has 25 heavy (non-hydrogen) atoms. The summed E-state index contributed by atoms with van der Waals surface area (Å²) in [6.45, 7) is 5.53. The molecule has 6 nitrogen and oxygen atoms in total. The Morgan fingerprint density at radius 2 is 1.96 bits per heavy atom. The molecule has 2 heterocycles. The molecule has 3 rings (SSSR count). The van der Waals surface area contributed by atoms with E-state index in [2.05, 4.69) is 20.4 Å². The van der Waals surface area contributed by atoms with E-state index in [4.69, 9.17) is 0 Å². The number of nitrogens with zero attached hydrogens (tertiary/aromatic N) is 4. The van der Waals surface area contributed by atoms with Gasteiger partial charge in [0.2, 0.25) is 5.91 Å². The summed E-state index contributed by atoms with van der Waals surface area (Å²) in [6.07, 6.45) is 0.563. The number of rotatable bonds is 4. The minimum atomic E-state index is -0.804. The number of anilines is 1. The molecule has 0 spiro atoms. The lowest BCUT2D eigenvalue weighted by atomic mass is 10.1. The third-order valence-electron chi connectivity index (χ3n) is 3.96. The molecule has 0 saturated heterocycles. The van der Waals surface area contributed by atoms with Crippen molar-refractivity contribution < 1.29 is 13.6 Å². The molecule has 0 bridgehead atoms. The fraction of sp³-hybridized carbons (Fsp3) is 0.294. The number of nitrogens with one attached hydrogen (secondary N) is 1. The average Bonchev–Trinajstić information content (AvgIpc) is 2.90. The van der Waals surface area contributed by atoms with Crippen LogP contribution in [0.4, 0.5) is 14.5 Å². The molecule has 2 aromatic heterocycles. The maximum absolute atomic E-state index is 13.6. The van der Waals surface area contributed by atoms with Gasteiger partial charge in [-0.15, -0.1) is 0 Å². The molecule has 8 heteroatoms. The number of halogens is 2. The Labute approximate surface area is 142 Å². The molecule has 1 aromatic carbocycles. The molecule has 1 amide bonds. The summed E-state index contributed by atoms with van der Waals surface area (Å²) in [7, 11) is 0. The smallest absolute Gasteiger partial charge is 0.252 e. The molecule has 0 saturated carbocycles. The predicted molar refractivity (Wildman–Crippen MR) is 88.3 cm³/mol. The molecular formula is C17H17F2N5O. The van der Waals surface area contributed by atoms with Crippen LogP contribution in [0.3, 0.4) is 0 Å². The third kappa shape index (κ3) is 3.47. The standard InChI is InChI=1S/C17H17F2N5O/c1-9-13(10(2)24-17(20-9)21-11(3)23-24)5-7-16(25)22-15-6-4-12(18)8-14(15)19/h4,6,8H,5,7H2,1-3H3,(H,22,25). The lowest BCUT2D eigenvalue weighted by Gasteiger charge is -2.11. The van der Waals surface area contributed by atoms with Crippen molar-refractivity contribution in [2.45, 2.75) is 33.6 Å². The monoisotopic (exact) mass is 345 g/mol. The van der Waals surface area contributed by atoms with Crippen molar-refractivity contribution in [1.29, 1.82) is 0 Å². The second-order valence-corrected chi connectivity index (χ2v) is 5.80. The largest absolute Gasteiger partial charge is 0.324 e. The number of aromatic nitrogens is 4. The van der Waals surface area contributed by atoms with Crippen molar-refractivity contribution in [2.24, 2.45) is 0 Å². The molecule has 3 aromatic rings. The maximum Gasteiger partial charge on any atom is 0.252 e. The highest BCUT2D eigenvalue weighted by atomic mass is 19.1. The van der Waals surface area contributed by atoms with E-state index in [0.29, 0.717) is 18.0 Å². The van der Waals surface area contributed by atoms with Gasteiger partial charge in [0, 0.05) is 23.9 Å². The second kappa shape index (κ2) is 6.54. The molecule has 0 radical (unpaired) electrons. The van der Waals surface area contributed by atoms with Crippen LogP contribution in [0, 0.1) is 32.4 Å². The minimum Gasteiger partial charge on any atom is -0.324 e. The third-order valence-corrected chi connectivity index (χ3v) is 3.96. The van der Waals surface area contributed by atoms with Crippen LogP contribution in [0.25, 0.3) is 5.78 Å². The predicted octanol–water partition coefficient (Wildman–Crippen LogP) is 2.90. The van der Waals surface area contributed by atoms with Gasteiger partial charge in [0.1, 0.15) is 17.5 Å². The summed E-state index contributed by atoms with van der Waals surface area (Å²) in [5.74, 6) is -0.712. The Balaban J connectivity index is 1.74. The molecule has 1 N–H and O–H groups in total. The highest BCUT2D eigenvalue weighted by Crippen LogP contribution is 2.18. The van der Waals surface area contributed by atoms with Crippen LogP contribution in [0.15, 0.2) is 18.2 Å². The van der Waals surface area contributed by atoms with Crippen LogP contribution < -0.4 is 5.32 Å². The quantitative estimate of drug-likeness (QED) is 0.789. The van der Waals surface area contributed by atoms with E-state index in [1.54, 1.807) is 11.4 Å². The van der Waals surface area contributed by atoms with Crippen molar-refractivity contribution >= 4 is 17.4 Å². The van der Waals surface area contributed by atoms with Gasteiger partial charge in [-0.3, -0.25) is 4.79 Å². The fourth-order valence-electron chi connectivity index (χ4n) is 2.71. The van der Waals surface area contributed by atoms with Gasteiger partial charge < -0.3 is 5.32 Å². The topological polar surface area (TPSA) is 72.2 Å². The van der Waals surface area contributed by atoms with Gasteiger partial charge in [0.15, 0.2) is 0 Å². The maximum atomic E-state index is 13.6. The van der Waals surface area contributed by atoms with Gasteiger partial charge in [-0.05, 0) is 44.9 Å². The zero-order valence-electron chi connectivity index (χ0n) is 14.1. The normalized spacial score (nSPS) is 11.1. The van der Waals surface area contributed by atoms with Gasteiger partial charge in [0.05, 0.1) is 5.69 Å². The summed E-state index contributed by atoms with van der Waals surface area (Å²) in [4.78, 5) is 20.7. The van der Waals surface area contributed by atoms with Crippen LogP contribution in [-0.2, 0) is 11.2 Å². The molecule has 0 atom stereocenters. The van der Waals surface area contributed by atoms with Crippen LogP contribution in [0.2, 0.25) is 0 Å². The van der Waals surface area contributed by atoms with Crippen LogP contribution >= 0.6 is 0 Å². The van der Waals surface area contributed by atoms with E-state index in [1.807, 2.05) is 13.8 Å². The molecule has 0 unspecified atom stereocenters. The first-order valence-electron chi connectivity index (χ1n) is 7.79. The summed E-state index contributed by atoms with van der Waals surface area (Å²) < 4.78 is 28.1. The van der Waals surface area contributed by atoms with Crippen LogP contribution in [0.1, 0.15) is 29.2 Å². The first-order chi connectivity index (χ1) is 11.8. The highest BCUT2D eigenvalue weighted by Gasteiger charge is 2.14. The van der Waals surface area contributed by atoms with Gasteiger partial charge in [-0.2, -0.15) is 10.1 Å². The Morgan fingerprint density at radius 1 is 1.20 bits per heavy atom. The molecule has 0 aliphatic heterocycles. The zero-order valence-corrected chi connectivity index (χ0v) is 14.1. The van der Waals surface area contributed by atoms with E-state index in [0.717, 1.165) is 29.1 Å². The van der Waals surface area contributed by atoms with E-state index in [9.17, 15) is 13.6 Å². The number of carbonyl (C=O) groups is 1. The zero-order chi connectivity index (χ0) is 18.1. The molecular weight excluding hydrogens is 328 g/mol. The summed E-state index contributed by atoms with van der Waals surface area (Å²) >= 11 is 0. The summed E-state index contributed by atoms with van der Waals surface area (Å²) in [5, 5.41) is 6.74. The Morgan fingerprint density at radius 3 is 2.68 bits per heavy atom. The first kappa shape index (κ1) is 16.9.